The van der Waals surface area contributed by atoms with Gasteiger partial charge in [-0.15, -0.1) is 11.8 Å². The molecule has 0 radical (unpaired) electrons. The van der Waals surface area contributed by atoms with Crippen molar-refractivity contribution in [3.63, 3.8) is 0 Å². The van der Waals surface area contributed by atoms with E-state index in [0.29, 0.717) is 22.9 Å². The molecule has 0 aromatic heterocycles. The zero-order valence-electron chi connectivity index (χ0n) is 13.9. The molecule has 2 aromatic rings. The van der Waals surface area contributed by atoms with Crippen molar-refractivity contribution in [2.24, 2.45) is 0 Å². The number of carbonyl (C=O) groups excluding carboxylic acids is 1. The Morgan fingerprint density at radius 3 is 2.46 bits per heavy atom. The number of benzene rings is 2. The zero-order valence-corrected chi connectivity index (χ0v) is 14.7. The van der Waals surface area contributed by atoms with E-state index in [9.17, 15) is 4.79 Å². The van der Waals surface area contributed by atoms with Gasteiger partial charge >= 0.3 is 0 Å². The van der Waals surface area contributed by atoms with E-state index in [1.165, 1.54) is 24.0 Å². The lowest BCUT2D eigenvalue weighted by Gasteiger charge is -2.10. The minimum absolute atomic E-state index is 0.0456. The summed E-state index contributed by atoms with van der Waals surface area (Å²) in [6, 6.07) is 11.8. The molecular formula is C19H21NO3S. The summed E-state index contributed by atoms with van der Waals surface area (Å²) in [5, 5.41) is 2.89. The summed E-state index contributed by atoms with van der Waals surface area (Å²) in [6.45, 7) is 0. The number of ether oxygens (including phenoxy) is 2. The fraction of sp³-hybridized carbons (Fsp3) is 0.316. The van der Waals surface area contributed by atoms with Gasteiger partial charge in [-0.2, -0.15) is 0 Å². The molecule has 0 bridgehead atoms. The molecule has 0 unspecified atom stereocenters. The summed E-state index contributed by atoms with van der Waals surface area (Å²) in [6.07, 6.45) is 3.57. The maximum absolute atomic E-state index is 12.2. The van der Waals surface area contributed by atoms with Gasteiger partial charge in [-0.3, -0.25) is 4.79 Å². The average Bonchev–Trinajstić information content (AvgIpc) is 3.07. The standard InChI is InChI=1S/C19H21NO3S/c1-22-16-9-15(10-17(11-16)23-2)20-19(21)12-24-18-7-6-13-4-3-5-14(13)8-18/h6-11H,3-5,12H2,1-2H3,(H,20,21). The molecule has 0 saturated carbocycles. The second-order valence-corrected chi connectivity index (χ2v) is 6.77. The average molecular weight is 343 g/mol. The van der Waals surface area contributed by atoms with Crippen molar-refractivity contribution in [3.8, 4) is 11.5 Å². The van der Waals surface area contributed by atoms with Gasteiger partial charge in [0.2, 0.25) is 5.91 Å². The molecule has 1 N–H and O–H groups in total. The van der Waals surface area contributed by atoms with Crippen LogP contribution in [0.1, 0.15) is 17.5 Å². The Balaban J connectivity index is 1.59. The van der Waals surface area contributed by atoms with E-state index in [4.69, 9.17) is 9.47 Å². The maximum atomic E-state index is 12.2. The predicted molar refractivity (Wildman–Crippen MR) is 97.4 cm³/mol. The van der Waals surface area contributed by atoms with E-state index in [1.807, 2.05) is 0 Å². The van der Waals surface area contributed by atoms with E-state index in [1.54, 1.807) is 44.2 Å². The number of aryl methyl sites for hydroxylation is 2. The minimum atomic E-state index is -0.0456. The first-order valence-corrected chi connectivity index (χ1v) is 8.94. The van der Waals surface area contributed by atoms with Gasteiger partial charge in [-0.1, -0.05) is 6.07 Å². The van der Waals surface area contributed by atoms with Gasteiger partial charge in [0.1, 0.15) is 11.5 Å². The largest absolute Gasteiger partial charge is 0.497 e. The lowest BCUT2D eigenvalue weighted by molar-refractivity contribution is -0.113. The number of fused-ring (bicyclic) bond motifs is 1. The molecular weight excluding hydrogens is 322 g/mol. The molecule has 0 spiro atoms. The van der Waals surface area contributed by atoms with E-state index >= 15 is 0 Å². The summed E-state index contributed by atoms with van der Waals surface area (Å²) in [5.41, 5.74) is 3.55. The quantitative estimate of drug-likeness (QED) is 0.808. The monoisotopic (exact) mass is 343 g/mol. The highest BCUT2D eigenvalue weighted by Gasteiger charge is 2.12. The van der Waals surface area contributed by atoms with Crippen LogP contribution >= 0.6 is 11.8 Å². The molecule has 0 fully saturated rings. The van der Waals surface area contributed by atoms with Crippen LogP contribution in [0.4, 0.5) is 5.69 Å². The third kappa shape index (κ3) is 4.03. The van der Waals surface area contributed by atoms with E-state index < -0.39 is 0 Å². The Morgan fingerprint density at radius 2 is 1.75 bits per heavy atom. The van der Waals surface area contributed by atoms with Crippen LogP contribution in [-0.4, -0.2) is 25.9 Å². The Bertz CT molecular complexity index is 723. The molecule has 1 aliphatic carbocycles. The summed E-state index contributed by atoms with van der Waals surface area (Å²) >= 11 is 1.56. The number of hydrogen-bond donors (Lipinski definition) is 1. The Hall–Kier alpha value is -2.14. The molecule has 2 aromatic carbocycles. The second-order valence-electron chi connectivity index (χ2n) is 5.72. The van der Waals surface area contributed by atoms with Crippen molar-refractivity contribution in [2.75, 3.05) is 25.3 Å². The van der Waals surface area contributed by atoms with Crippen molar-refractivity contribution in [3.05, 3.63) is 47.5 Å². The predicted octanol–water partition coefficient (Wildman–Crippen LogP) is 3.92. The SMILES string of the molecule is COc1cc(NC(=O)CSc2ccc3c(c2)CCC3)cc(OC)c1. The second kappa shape index (κ2) is 7.62. The van der Waals surface area contributed by atoms with Crippen LogP contribution in [0.3, 0.4) is 0 Å². The van der Waals surface area contributed by atoms with Crippen molar-refractivity contribution in [1.29, 1.82) is 0 Å². The first-order valence-electron chi connectivity index (χ1n) is 7.95. The normalized spacial score (nSPS) is 12.6. The number of thioether (sulfide) groups is 1. The molecule has 1 amide bonds. The fourth-order valence-corrected chi connectivity index (χ4v) is 3.62. The highest BCUT2D eigenvalue weighted by atomic mass is 32.2. The van der Waals surface area contributed by atoms with Crippen molar-refractivity contribution in [2.45, 2.75) is 24.2 Å². The number of anilines is 1. The van der Waals surface area contributed by atoms with Crippen LogP contribution in [0.25, 0.3) is 0 Å². The van der Waals surface area contributed by atoms with Crippen LogP contribution in [0, 0.1) is 0 Å². The van der Waals surface area contributed by atoms with E-state index in [2.05, 4.69) is 23.5 Å². The van der Waals surface area contributed by atoms with Gasteiger partial charge in [0.25, 0.3) is 0 Å². The lowest BCUT2D eigenvalue weighted by atomic mass is 10.1. The Morgan fingerprint density at radius 1 is 1.04 bits per heavy atom. The Labute approximate surface area is 146 Å². The van der Waals surface area contributed by atoms with E-state index in [0.717, 1.165) is 11.3 Å². The summed E-state index contributed by atoms with van der Waals surface area (Å²) in [7, 11) is 3.17. The molecule has 126 valence electrons. The smallest absolute Gasteiger partial charge is 0.234 e. The van der Waals surface area contributed by atoms with Crippen LogP contribution in [0.2, 0.25) is 0 Å². The van der Waals surface area contributed by atoms with Crippen LogP contribution in [0.15, 0.2) is 41.3 Å². The first-order chi connectivity index (χ1) is 11.7. The zero-order chi connectivity index (χ0) is 16.9. The van der Waals surface area contributed by atoms with Gasteiger partial charge in [0.15, 0.2) is 0 Å². The van der Waals surface area contributed by atoms with Gasteiger partial charge in [-0.05, 0) is 42.5 Å². The van der Waals surface area contributed by atoms with E-state index in [-0.39, 0.29) is 5.91 Å². The highest BCUT2D eigenvalue weighted by Crippen LogP contribution is 2.28. The molecule has 0 heterocycles. The molecule has 0 atom stereocenters. The van der Waals surface area contributed by atoms with Crippen LogP contribution in [0.5, 0.6) is 11.5 Å². The highest BCUT2D eigenvalue weighted by molar-refractivity contribution is 8.00. The van der Waals surface area contributed by atoms with Gasteiger partial charge in [0, 0.05) is 28.8 Å². The number of hydrogen-bond acceptors (Lipinski definition) is 4. The lowest BCUT2D eigenvalue weighted by Crippen LogP contribution is -2.14. The molecule has 1 aliphatic rings. The van der Waals surface area contributed by atoms with Gasteiger partial charge in [-0.25, -0.2) is 0 Å². The number of amides is 1. The van der Waals surface area contributed by atoms with Gasteiger partial charge < -0.3 is 14.8 Å². The minimum Gasteiger partial charge on any atom is -0.497 e. The molecule has 24 heavy (non-hydrogen) atoms. The summed E-state index contributed by atoms with van der Waals surface area (Å²) in [4.78, 5) is 13.4. The van der Waals surface area contributed by atoms with Crippen molar-refractivity contribution < 1.29 is 14.3 Å². The number of methoxy groups -OCH3 is 2. The fourth-order valence-electron chi connectivity index (χ4n) is 2.86. The van der Waals surface area contributed by atoms with Crippen LogP contribution < -0.4 is 14.8 Å². The van der Waals surface area contributed by atoms with Gasteiger partial charge in [0.05, 0.1) is 20.0 Å². The number of rotatable bonds is 6. The molecule has 5 heteroatoms. The van der Waals surface area contributed by atoms with Crippen molar-refractivity contribution >= 4 is 23.4 Å². The van der Waals surface area contributed by atoms with Crippen LogP contribution in [-0.2, 0) is 17.6 Å². The number of nitrogens with one attached hydrogen (secondary N) is 1. The van der Waals surface area contributed by atoms with Crippen molar-refractivity contribution in [1.82, 2.24) is 0 Å². The molecule has 0 aliphatic heterocycles. The summed E-state index contributed by atoms with van der Waals surface area (Å²) in [5.74, 6) is 1.63. The number of carbonyl (C=O) groups is 1. The third-order valence-electron chi connectivity index (χ3n) is 4.08. The third-order valence-corrected chi connectivity index (χ3v) is 5.07. The summed E-state index contributed by atoms with van der Waals surface area (Å²) < 4.78 is 10.4. The topological polar surface area (TPSA) is 47.6 Å². The molecule has 0 saturated heterocycles. The molecule has 3 rings (SSSR count). The Kier molecular flexibility index (Phi) is 5.30. The molecule has 4 nitrogen and oxygen atoms in total. The maximum Gasteiger partial charge on any atom is 0.234 e. The first kappa shape index (κ1) is 16.7.